The van der Waals surface area contributed by atoms with Crippen molar-refractivity contribution in [1.29, 1.82) is 0 Å². The molecule has 0 fully saturated rings. The summed E-state index contributed by atoms with van der Waals surface area (Å²) in [4.78, 5) is 11.5. The molecule has 0 aliphatic rings. The smallest absolute Gasteiger partial charge is 0.251 e. The Bertz CT molecular complexity index is 684. The molecule has 2 rings (SSSR count). The zero-order valence-electron chi connectivity index (χ0n) is 11.0. The van der Waals surface area contributed by atoms with Crippen molar-refractivity contribution in [3.63, 3.8) is 0 Å². The number of hydrogen-bond donors (Lipinski definition) is 3. The van der Waals surface area contributed by atoms with Gasteiger partial charge in [-0.25, -0.2) is 8.78 Å². The molecule has 21 heavy (non-hydrogen) atoms. The van der Waals surface area contributed by atoms with Crippen molar-refractivity contribution in [2.75, 3.05) is 18.1 Å². The number of rotatable bonds is 3. The van der Waals surface area contributed by atoms with Gasteiger partial charge >= 0.3 is 0 Å². The van der Waals surface area contributed by atoms with Gasteiger partial charge in [0.15, 0.2) is 5.82 Å². The van der Waals surface area contributed by atoms with E-state index >= 15 is 0 Å². The minimum Gasteiger partial charge on any atom is -0.397 e. The summed E-state index contributed by atoms with van der Waals surface area (Å²) in [7, 11) is 1.50. The first-order valence-electron chi connectivity index (χ1n) is 5.95. The Kier molecular flexibility index (Phi) is 4.28. The number of benzene rings is 2. The molecule has 0 radical (unpaired) electrons. The second-order valence-electron chi connectivity index (χ2n) is 4.25. The Hall–Kier alpha value is -2.34. The van der Waals surface area contributed by atoms with E-state index in [9.17, 15) is 13.6 Å². The highest BCUT2D eigenvalue weighted by atomic mass is 35.5. The summed E-state index contributed by atoms with van der Waals surface area (Å²) in [5, 5.41) is 5.05. The molecule has 2 aromatic carbocycles. The third-order valence-electron chi connectivity index (χ3n) is 2.81. The number of carbonyl (C=O) groups is 1. The summed E-state index contributed by atoms with van der Waals surface area (Å²) in [6.07, 6.45) is 0. The molecule has 0 aliphatic heterocycles. The van der Waals surface area contributed by atoms with Gasteiger partial charge in [-0.05, 0) is 24.3 Å². The van der Waals surface area contributed by atoms with Gasteiger partial charge in [0.1, 0.15) is 5.82 Å². The monoisotopic (exact) mass is 311 g/mol. The number of halogens is 3. The molecule has 4 N–H and O–H groups in total. The highest BCUT2D eigenvalue weighted by Crippen LogP contribution is 2.31. The molecular formula is C14H12ClF2N3O. The lowest BCUT2D eigenvalue weighted by atomic mass is 10.1. The highest BCUT2D eigenvalue weighted by Gasteiger charge is 2.12. The van der Waals surface area contributed by atoms with Crippen LogP contribution in [0.25, 0.3) is 0 Å². The van der Waals surface area contributed by atoms with Crippen LogP contribution in [-0.2, 0) is 0 Å². The lowest BCUT2D eigenvalue weighted by Gasteiger charge is -2.13. The van der Waals surface area contributed by atoms with Gasteiger partial charge in [-0.15, -0.1) is 0 Å². The predicted molar refractivity (Wildman–Crippen MR) is 78.9 cm³/mol. The van der Waals surface area contributed by atoms with Crippen LogP contribution in [0.2, 0.25) is 5.02 Å². The maximum absolute atomic E-state index is 13.7. The third-order valence-corrected chi connectivity index (χ3v) is 3.11. The maximum Gasteiger partial charge on any atom is 0.251 e. The van der Waals surface area contributed by atoms with E-state index in [0.29, 0.717) is 17.3 Å². The maximum atomic E-state index is 13.7. The Morgan fingerprint density at radius 3 is 2.52 bits per heavy atom. The van der Waals surface area contributed by atoms with Gasteiger partial charge < -0.3 is 16.4 Å². The number of amides is 1. The number of carbonyl (C=O) groups excluding carboxylic acids is 1. The van der Waals surface area contributed by atoms with Crippen LogP contribution in [0.4, 0.5) is 25.8 Å². The summed E-state index contributed by atoms with van der Waals surface area (Å²) in [5.41, 5.74) is 6.68. The molecule has 2 aromatic rings. The van der Waals surface area contributed by atoms with Crippen molar-refractivity contribution in [3.8, 4) is 0 Å². The standard InChI is InChI=1S/C14H12ClF2N3O/c1-19-14(21)7-2-3-12(11(18)4-7)20-13-9(15)5-8(16)6-10(13)17/h2-6,20H,18H2,1H3,(H,19,21). The summed E-state index contributed by atoms with van der Waals surface area (Å²) in [6, 6.07) is 6.17. The van der Waals surface area contributed by atoms with E-state index in [4.69, 9.17) is 17.3 Å². The van der Waals surface area contributed by atoms with Crippen LogP contribution in [0.5, 0.6) is 0 Å². The van der Waals surface area contributed by atoms with Gasteiger partial charge in [-0.3, -0.25) is 4.79 Å². The van der Waals surface area contributed by atoms with E-state index < -0.39 is 11.6 Å². The quantitative estimate of drug-likeness (QED) is 0.762. The minimum atomic E-state index is -0.838. The summed E-state index contributed by atoms with van der Waals surface area (Å²) >= 11 is 5.79. The van der Waals surface area contributed by atoms with Crippen molar-refractivity contribution in [3.05, 3.63) is 52.6 Å². The van der Waals surface area contributed by atoms with Crippen molar-refractivity contribution in [2.24, 2.45) is 0 Å². The number of anilines is 3. The topological polar surface area (TPSA) is 67.2 Å². The zero-order chi connectivity index (χ0) is 15.6. The predicted octanol–water partition coefficient (Wildman–Crippen LogP) is 3.30. The number of nitrogens with one attached hydrogen (secondary N) is 2. The molecular weight excluding hydrogens is 300 g/mol. The van der Waals surface area contributed by atoms with E-state index in [-0.39, 0.29) is 22.3 Å². The fraction of sp³-hybridized carbons (Fsp3) is 0.0714. The fourth-order valence-electron chi connectivity index (χ4n) is 1.76. The fourth-order valence-corrected chi connectivity index (χ4v) is 2.00. The van der Waals surface area contributed by atoms with Gasteiger partial charge in [0.05, 0.1) is 22.1 Å². The van der Waals surface area contributed by atoms with E-state index in [2.05, 4.69) is 10.6 Å². The van der Waals surface area contributed by atoms with Crippen molar-refractivity contribution < 1.29 is 13.6 Å². The van der Waals surface area contributed by atoms with Crippen LogP contribution in [0.1, 0.15) is 10.4 Å². The van der Waals surface area contributed by atoms with Crippen LogP contribution in [0.15, 0.2) is 30.3 Å². The van der Waals surface area contributed by atoms with E-state index in [1.54, 1.807) is 0 Å². The average molecular weight is 312 g/mol. The molecule has 0 heterocycles. The van der Waals surface area contributed by atoms with Crippen LogP contribution >= 0.6 is 11.6 Å². The first-order chi connectivity index (χ1) is 9.92. The normalized spacial score (nSPS) is 10.3. The molecule has 4 nitrogen and oxygen atoms in total. The number of nitrogens with two attached hydrogens (primary N) is 1. The Morgan fingerprint density at radius 2 is 1.95 bits per heavy atom. The second kappa shape index (κ2) is 5.97. The van der Waals surface area contributed by atoms with E-state index in [1.165, 1.54) is 25.2 Å². The summed E-state index contributed by atoms with van der Waals surface area (Å²) in [5.74, 6) is -1.90. The van der Waals surface area contributed by atoms with Crippen molar-refractivity contribution >= 4 is 34.6 Å². The Morgan fingerprint density at radius 1 is 1.24 bits per heavy atom. The summed E-state index contributed by atoms with van der Waals surface area (Å²) in [6.45, 7) is 0. The first-order valence-corrected chi connectivity index (χ1v) is 6.33. The third kappa shape index (κ3) is 3.22. The van der Waals surface area contributed by atoms with Gasteiger partial charge in [0.2, 0.25) is 0 Å². The average Bonchev–Trinajstić information content (AvgIpc) is 2.43. The second-order valence-corrected chi connectivity index (χ2v) is 4.66. The molecule has 1 amide bonds. The van der Waals surface area contributed by atoms with Crippen LogP contribution in [0, 0.1) is 11.6 Å². The lowest BCUT2D eigenvalue weighted by Crippen LogP contribution is -2.18. The van der Waals surface area contributed by atoms with Crippen LogP contribution in [-0.4, -0.2) is 13.0 Å². The molecule has 0 atom stereocenters. The van der Waals surface area contributed by atoms with Gasteiger partial charge in [-0.1, -0.05) is 11.6 Å². The van der Waals surface area contributed by atoms with Crippen molar-refractivity contribution in [2.45, 2.75) is 0 Å². The largest absolute Gasteiger partial charge is 0.397 e. The van der Waals surface area contributed by atoms with E-state index in [0.717, 1.165) is 6.07 Å². The lowest BCUT2D eigenvalue weighted by molar-refractivity contribution is 0.0963. The van der Waals surface area contributed by atoms with Crippen LogP contribution in [0.3, 0.4) is 0 Å². The minimum absolute atomic E-state index is 0.0857. The number of nitrogen functional groups attached to an aromatic ring is 1. The molecule has 0 saturated heterocycles. The molecule has 0 spiro atoms. The van der Waals surface area contributed by atoms with Gasteiger partial charge in [-0.2, -0.15) is 0 Å². The van der Waals surface area contributed by atoms with Crippen molar-refractivity contribution in [1.82, 2.24) is 5.32 Å². The van der Waals surface area contributed by atoms with E-state index in [1.807, 2.05) is 0 Å². The molecule has 0 aromatic heterocycles. The molecule has 7 heteroatoms. The zero-order valence-corrected chi connectivity index (χ0v) is 11.8. The van der Waals surface area contributed by atoms with Crippen LogP contribution < -0.4 is 16.4 Å². The molecule has 110 valence electrons. The number of hydrogen-bond acceptors (Lipinski definition) is 3. The molecule has 0 aliphatic carbocycles. The molecule has 0 unspecified atom stereocenters. The van der Waals surface area contributed by atoms with Gasteiger partial charge in [0, 0.05) is 18.7 Å². The Labute approximate surface area is 124 Å². The SMILES string of the molecule is CNC(=O)c1ccc(Nc2c(F)cc(F)cc2Cl)c(N)c1. The molecule has 0 bridgehead atoms. The molecule has 0 saturated carbocycles. The Balaban J connectivity index is 2.35. The summed E-state index contributed by atoms with van der Waals surface area (Å²) < 4.78 is 26.7. The highest BCUT2D eigenvalue weighted by molar-refractivity contribution is 6.33. The first kappa shape index (κ1) is 15.1. The van der Waals surface area contributed by atoms with Gasteiger partial charge in [0.25, 0.3) is 5.91 Å².